The summed E-state index contributed by atoms with van der Waals surface area (Å²) in [4.78, 5) is 24.0. The first kappa shape index (κ1) is 22.0. The Balaban J connectivity index is 2.03. The molecule has 0 aliphatic rings. The average molecular weight is 408 g/mol. The molecule has 1 N–H and O–H groups in total. The lowest BCUT2D eigenvalue weighted by atomic mass is 9.90. The first-order valence-electron chi connectivity index (χ1n) is 8.63. The van der Waals surface area contributed by atoms with Crippen LogP contribution in [0.5, 0.6) is 0 Å². The molecule has 2 rings (SSSR count). The molecule has 154 valence electrons. The largest absolute Gasteiger partial charge is 0.450 e. The van der Waals surface area contributed by atoms with Crippen molar-refractivity contribution in [2.24, 2.45) is 5.92 Å². The molecule has 0 bridgehead atoms. The van der Waals surface area contributed by atoms with Gasteiger partial charge in [-0.15, -0.1) is 0 Å². The number of furan rings is 1. The van der Waals surface area contributed by atoms with Crippen molar-refractivity contribution in [3.8, 4) is 17.4 Å². The summed E-state index contributed by atoms with van der Waals surface area (Å²) in [6.07, 6.45) is -4.51. The van der Waals surface area contributed by atoms with E-state index in [1.165, 1.54) is 24.3 Å². The summed E-state index contributed by atoms with van der Waals surface area (Å²) in [5.74, 6) is -2.02. The number of alkyl halides is 3. The number of hydrogen-bond donors (Lipinski definition) is 1. The molecule has 1 aromatic heterocycles. The molecule has 0 spiro atoms. The van der Waals surface area contributed by atoms with Crippen LogP contribution in [0.1, 0.15) is 36.9 Å². The molecule has 0 radical (unpaired) electrons. The summed E-state index contributed by atoms with van der Waals surface area (Å²) in [7, 11) is 0. The van der Waals surface area contributed by atoms with Crippen LogP contribution in [0.15, 0.2) is 40.8 Å². The predicted octanol–water partition coefficient (Wildman–Crippen LogP) is 4.18. The van der Waals surface area contributed by atoms with E-state index in [1.807, 2.05) is 6.07 Å². The van der Waals surface area contributed by atoms with Crippen LogP contribution in [0, 0.1) is 17.2 Å². The van der Waals surface area contributed by atoms with Crippen molar-refractivity contribution in [1.82, 2.24) is 5.32 Å². The van der Waals surface area contributed by atoms with Gasteiger partial charge in [-0.2, -0.15) is 18.4 Å². The molecule has 0 aliphatic carbocycles. The summed E-state index contributed by atoms with van der Waals surface area (Å²) in [5, 5.41) is 11.7. The van der Waals surface area contributed by atoms with Crippen LogP contribution in [0.25, 0.3) is 11.3 Å². The minimum Gasteiger partial charge on any atom is -0.450 e. The minimum atomic E-state index is -4.51. The number of benzene rings is 1. The smallest absolute Gasteiger partial charge is 0.416 e. The van der Waals surface area contributed by atoms with E-state index >= 15 is 0 Å². The average Bonchev–Trinajstić information content (AvgIpc) is 3.15. The number of ether oxygens (including phenoxy) is 1. The molecule has 0 saturated heterocycles. The van der Waals surface area contributed by atoms with Gasteiger partial charge in [-0.25, -0.2) is 4.79 Å². The van der Waals surface area contributed by atoms with Crippen molar-refractivity contribution in [1.29, 1.82) is 5.26 Å². The Bertz CT molecular complexity index is 944. The van der Waals surface area contributed by atoms with E-state index < -0.39 is 35.8 Å². The fraction of sp³-hybridized carbons (Fsp3) is 0.350. The van der Waals surface area contributed by atoms with E-state index in [-0.39, 0.29) is 23.0 Å². The van der Waals surface area contributed by atoms with Crippen molar-refractivity contribution in [3.63, 3.8) is 0 Å². The second-order valence-electron chi connectivity index (χ2n) is 6.84. The van der Waals surface area contributed by atoms with E-state index in [0.717, 1.165) is 12.1 Å². The van der Waals surface area contributed by atoms with Gasteiger partial charge in [-0.3, -0.25) is 4.79 Å². The van der Waals surface area contributed by atoms with Gasteiger partial charge in [-0.05, 0) is 37.1 Å². The summed E-state index contributed by atoms with van der Waals surface area (Å²) in [6.45, 7) is 4.43. The van der Waals surface area contributed by atoms with E-state index in [9.17, 15) is 28.0 Å². The Morgan fingerprint density at radius 2 is 1.93 bits per heavy atom. The van der Waals surface area contributed by atoms with Gasteiger partial charge in [0, 0.05) is 5.56 Å². The number of carbonyl (C=O) groups is 2. The van der Waals surface area contributed by atoms with Gasteiger partial charge < -0.3 is 14.5 Å². The molecule has 1 amide bonds. The van der Waals surface area contributed by atoms with Crippen LogP contribution in [-0.2, 0) is 15.7 Å². The number of halogens is 3. The normalized spacial score (nSPS) is 13.4. The fourth-order valence-corrected chi connectivity index (χ4v) is 2.28. The Hall–Kier alpha value is -3.28. The Morgan fingerprint density at radius 1 is 1.24 bits per heavy atom. The molecule has 9 heteroatoms. The summed E-state index contributed by atoms with van der Waals surface area (Å²) in [6, 6.07) is 9.02. The van der Waals surface area contributed by atoms with E-state index in [0.29, 0.717) is 0 Å². The van der Waals surface area contributed by atoms with Crippen molar-refractivity contribution < 1.29 is 31.9 Å². The van der Waals surface area contributed by atoms with Crippen molar-refractivity contribution >= 4 is 11.9 Å². The van der Waals surface area contributed by atoms with Crippen LogP contribution in [0.2, 0.25) is 0 Å². The van der Waals surface area contributed by atoms with Gasteiger partial charge in [0.25, 0.3) is 5.91 Å². The molecule has 29 heavy (non-hydrogen) atoms. The molecular formula is C20H19F3N2O4. The fourth-order valence-electron chi connectivity index (χ4n) is 2.28. The van der Waals surface area contributed by atoms with Crippen LogP contribution >= 0.6 is 0 Å². The standard InChI is InChI=1S/C20H19F3N2O4/c1-12(2)19(3,11-24)25-17(26)10-28-18(27)16-8-7-15(29-16)13-5-4-6-14(9-13)20(21,22)23/h4-9,12H,10H2,1-3H3,(H,25,26)/t19-/m1/s1. The number of amides is 1. The monoisotopic (exact) mass is 408 g/mol. The molecule has 0 aliphatic heterocycles. The highest BCUT2D eigenvalue weighted by Gasteiger charge is 2.31. The highest BCUT2D eigenvalue weighted by atomic mass is 19.4. The molecule has 1 aromatic carbocycles. The molecule has 1 atom stereocenters. The summed E-state index contributed by atoms with van der Waals surface area (Å²) in [5.41, 5.74) is -1.83. The Labute approximate surface area is 165 Å². The van der Waals surface area contributed by atoms with Crippen LogP contribution in [-0.4, -0.2) is 24.0 Å². The number of nitriles is 1. The lowest BCUT2D eigenvalue weighted by Gasteiger charge is -2.27. The van der Waals surface area contributed by atoms with E-state index in [1.54, 1.807) is 20.8 Å². The molecule has 1 heterocycles. The minimum absolute atomic E-state index is 0.0457. The highest BCUT2D eigenvalue weighted by molar-refractivity contribution is 5.89. The molecule has 6 nitrogen and oxygen atoms in total. The zero-order valence-corrected chi connectivity index (χ0v) is 16.0. The quantitative estimate of drug-likeness (QED) is 0.724. The topological polar surface area (TPSA) is 92.3 Å². The SMILES string of the molecule is CC(C)[C@@](C)(C#N)NC(=O)COC(=O)c1ccc(-c2cccc(C(F)(F)F)c2)o1. The van der Waals surface area contributed by atoms with Crippen molar-refractivity contribution in [2.75, 3.05) is 6.61 Å². The molecule has 0 fully saturated rings. The number of rotatable bonds is 6. The van der Waals surface area contributed by atoms with Gasteiger partial charge in [0.2, 0.25) is 5.76 Å². The maximum Gasteiger partial charge on any atom is 0.416 e. The first-order chi connectivity index (χ1) is 13.5. The molecule has 2 aromatic rings. The van der Waals surface area contributed by atoms with Crippen LogP contribution in [0.4, 0.5) is 13.2 Å². The van der Waals surface area contributed by atoms with Gasteiger partial charge in [-0.1, -0.05) is 26.0 Å². The van der Waals surface area contributed by atoms with E-state index in [2.05, 4.69) is 5.32 Å². The number of nitrogens with zero attached hydrogens (tertiary/aromatic N) is 1. The molecular weight excluding hydrogens is 389 g/mol. The second kappa shape index (κ2) is 8.39. The van der Waals surface area contributed by atoms with Crippen molar-refractivity contribution in [3.05, 3.63) is 47.7 Å². The molecule has 0 saturated carbocycles. The van der Waals surface area contributed by atoms with Gasteiger partial charge in [0.15, 0.2) is 6.61 Å². The lowest BCUT2D eigenvalue weighted by Crippen LogP contribution is -2.50. The number of nitrogens with one attached hydrogen (secondary N) is 1. The molecule has 0 unspecified atom stereocenters. The predicted molar refractivity (Wildman–Crippen MR) is 96.4 cm³/mol. The third kappa shape index (κ3) is 5.38. The third-order valence-corrected chi connectivity index (χ3v) is 4.40. The summed E-state index contributed by atoms with van der Waals surface area (Å²) >= 11 is 0. The lowest BCUT2D eigenvalue weighted by molar-refractivity contribution is -0.137. The van der Waals surface area contributed by atoms with Gasteiger partial charge >= 0.3 is 12.1 Å². The number of carbonyl (C=O) groups excluding carboxylic acids is 2. The number of esters is 1. The highest BCUT2D eigenvalue weighted by Crippen LogP contribution is 2.32. The maximum atomic E-state index is 12.8. The van der Waals surface area contributed by atoms with E-state index in [4.69, 9.17) is 9.15 Å². The van der Waals surface area contributed by atoms with Crippen LogP contribution in [0.3, 0.4) is 0 Å². The Morgan fingerprint density at radius 3 is 2.52 bits per heavy atom. The third-order valence-electron chi connectivity index (χ3n) is 4.40. The zero-order chi connectivity index (χ0) is 21.8. The van der Waals surface area contributed by atoms with Crippen LogP contribution < -0.4 is 5.32 Å². The summed E-state index contributed by atoms with van der Waals surface area (Å²) < 4.78 is 48.6. The second-order valence-corrected chi connectivity index (χ2v) is 6.84. The number of hydrogen-bond acceptors (Lipinski definition) is 5. The zero-order valence-electron chi connectivity index (χ0n) is 16.0. The first-order valence-corrected chi connectivity index (χ1v) is 8.63. The van der Waals surface area contributed by atoms with Crippen molar-refractivity contribution in [2.45, 2.75) is 32.5 Å². The van der Waals surface area contributed by atoms with Gasteiger partial charge in [0.05, 0.1) is 11.6 Å². The van der Waals surface area contributed by atoms with Gasteiger partial charge in [0.1, 0.15) is 11.3 Å². The Kier molecular flexibility index (Phi) is 6.37. The maximum absolute atomic E-state index is 12.8.